The molecule has 0 atom stereocenters. The highest BCUT2D eigenvalue weighted by Crippen LogP contribution is 2.31. The van der Waals surface area contributed by atoms with Gasteiger partial charge in [0.2, 0.25) is 0 Å². The Balaban J connectivity index is 2.22. The molecule has 2 aromatic carbocycles. The van der Waals surface area contributed by atoms with E-state index in [2.05, 4.69) is 19.0 Å². The highest BCUT2D eigenvalue weighted by Gasteiger charge is 2.05. The Bertz CT molecular complexity index is 521. The fourth-order valence-electron chi connectivity index (χ4n) is 1.78. The summed E-state index contributed by atoms with van der Waals surface area (Å²) in [7, 11) is 2.69. The van der Waals surface area contributed by atoms with Gasteiger partial charge in [-0.1, -0.05) is 30.5 Å². The maximum atomic E-state index is 5.83. The van der Waals surface area contributed by atoms with Gasteiger partial charge in [0, 0.05) is 0 Å². The second kappa shape index (κ2) is 5.63. The molecule has 0 radical (unpaired) electrons. The van der Waals surface area contributed by atoms with Gasteiger partial charge in [-0.05, 0) is 36.8 Å². The van der Waals surface area contributed by atoms with Crippen LogP contribution in [-0.2, 0) is 0 Å². The molecule has 0 unspecified atom stereocenters. The summed E-state index contributed by atoms with van der Waals surface area (Å²) in [6.45, 7) is 4.17. The van der Waals surface area contributed by atoms with Crippen LogP contribution in [0, 0.1) is 6.92 Å². The molecule has 0 aliphatic carbocycles. The summed E-state index contributed by atoms with van der Waals surface area (Å²) in [5, 5.41) is 0. The summed E-state index contributed by atoms with van der Waals surface area (Å²) >= 11 is 0. The third kappa shape index (κ3) is 2.86. The van der Waals surface area contributed by atoms with Gasteiger partial charge >= 0.3 is 0 Å². The van der Waals surface area contributed by atoms with E-state index in [0.717, 1.165) is 30.1 Å². The Morgan fingerprint density at radius 2 is 1.67 bits per heavy atom. The van der Waals surface area contributed by atoms with Gasteiger partial charge < -0.3 is 9.47 Å². The number of hydrogen-bond acceptors (Lipinski definition) is 2. The van der Waals surface area contributed by atoms with Crippen LogP contribution in [0.5, 0.6) is 17.2 Å². The number of ether oxygens (including phenoxy) is 2. The number of rotatable bonds is 4. The van der Waals surface area contributed by atoms with Crippen LogP contribution in [0.25, 0.3) is 0 Å². The zero-order valence-electron chi connectivity index (χ0n) is 11.1. The Hall–Kier alpha value is -1.90. The van der Waals surface area contributed by atoms with Gasteiger partial charge in [-0.2, -0.15) is 0 Å². The van der Waals surface area contributed by atoms with Crippen LogP contribution in [-0.4, -0.2) is 14.4 Å². The SMILES string of the molecule is CBc1ccc(Oc2ccc(C)cc2OC)cc1. The van der Waals surface area contributed by atoms with Gasteiger partial charge in [-0.15, -0.1) is 0 Å². The molecule has 0 heterocycles. The Labute approximate surface area is 109 Å². The second-order valence-electron chi connectivity index (χ2n) is 4.25. The molecule has 3 heteroatoms. The molecule has 0 spiro atoms. The van der Waals surface area contributed by atoms with Crippen molar-refractivity contribution < 1.29 is 9.47 Å². The molecule has 0 aliphatic rings. The quantitative estimate of drug-likeness (QED) is 0.765. The van der Waals surface area contributed by atoms with Gasteiger partial charge in [0.05, 0.1) is 7.11 Å². The molecular weight excluding hydrogens is 223 g/mol. The van der Waals surface area contributed by atoms with E-state index in [0.29, 0.717) is 0 Å². The van der Waals surface area contributed by atoms with E-state index in [1.165, 1.54) is 5.46 Å². The van der Waals surface area contributed by atoms with Crippen molar-refractivity contribution in [1.29, 1.82) is 0 Å². The van der Waals surface area contributed by atoms with E-state index >= 15 is 0 Å². The lowest BCUT2D eigenvalue weighted by Gasteiger charge is -2.11. The van der Waals surface area contributed by atoms with Crippen molar-refractivity contribution >= 4 is 12.7 Å². The molecule has 92 valence electrons. The predicted octanol–water partition coefficient (Wildman–Crippen LogP) is 2.91. The molecule has 0 saturated heterocycles. The average Bonchev–Trinajstić information content (AvgIpc) is 2.41. The number of hydrogen-bond donors (Lipinski definition) is 0. The van der Waals surface area contributed by atoms with Crippen molar-refractivity contribution in [2.75, 3.05) is 7.11 Å². The first-order chi connectivity index (χ1) is 8.72. The monoisotopic (exact) mass is 240 g/mol. The Morgan fingerprint density at radius 3 is 2.28 bits per heavy atom. The minimum absolute atomic E-state index is 0.743. The van der Waals surface area contributed by atoms with E-state index in [-0.39, 0.29) is 0 Å². The smallest absolute Gasteiger partial charge is 0.169 e. The van der Waals surface area contributed by atoms with Crippen molar-refractivity contribution in [3.63, 3.8) is 0 Å². The van der Waals surface area contributed by atoms with Gasteiger partial charge in [0.15, 0.2) is 18.8 Å². The number of benzene rings is 2. The van der Waals surface area contributed by atoms with Gasteiger partial charge in [0.1, 0.15) is 5.75 Å². The van der Waals surface area contributed by atoms with E-state index in [9.17, 15) is 0 Å². The molecule has 0 saturated carbocycles. The molecule has 18 heavy (non-hydrogen) atoms. The van der Waals surface area contributed by atoms with Crippen molar-refractivity contribution in [1.82, 2.24) is 0 Å². The van der Waals surface area contributed by atoms with Gasteiger partial charge in [0.25, 0.3) is 0 Å². The molecular formula is C15H17BO2. The second-order valence-corrected chi connectivity index (χ2v) is 4.25. The summed E-state index contributed by atoms with van der Waals surface area (Å²) in [5.41, 5.74) is 2.46. The molecule has 0 amide bonds. The third-order valence-electron chi connectivity index (χ3n) is 2.88. The molecule has 0 aliphatic heterocycles. The minimum Gasteiger partial charge on any atom is -0.493 e. The largest absolute Gasteiger partial charge is 0.493 e. The molecule has 0 fully saturated rings. The van der Waals surface area contributed by atoms with E-state index < -0.39 is 0 Å². The lowest BCUT2D eigenvalue weighted by Crippen LogP contribution is -2.08. The van der Waals surface area contributed by atoms with Crippen LogP contribution in [0.15, 0.2) is 42.5 Å². The highest BCUT2D eigenvalue weighted by atomic mass is 16.5. The van der Waals surface area contributed by atoms with E-state index in [1.54, 1.807) is 7.11 Å². The Morgan fingerprint density at radius 1 is 0.944 bits per heavy atom. The summed E-state index contributed by atoms with van der Waals surface area (Å²) in [4.78, 5) is 0. The van der Waals surface area contributed by atoms with Crippen LogP contribution in [0.2, 0.25) is 6.82 Å². The average molecular weight is 240 g/mol. The zero-order chi connectivity index (χ0) is 13.0. The van der Waals surface area contributed by atoms with Crippen molar-refractivity contribution in [3.8, 4) is 17.2 Å². The highest BCUT2D eigenvalue weighted by molar-refractivity contribution is 6.51. The lowest BCUT2D eigenvalue weighted by molar-refractivity contribution is 0.378. The first-order valence-corrected chi connectivity index (χ1v) is 6.14. The maximum absolute atomic E-state index is 5.83. The minimum atomic E-state index is 0.743. The standard InChI is InChI=1S/C15H17BO2/c1-11-4-9-14(15(10-11)17-3)18-13-7-5-12(16-2)6-8-13/h4-10,16H,1-3H3. The van der Waals surface area contributed by atoms with Crippen LogP contribution in [0.4, 0.5) is 0 Å². The van der Waals surface area contributed by atoms with Crippen molar-refractivity contribution in [2.45, 2.75) is 13.7 Å². The summed E-state index contributed by atoms with van der Waals surface area (Å²) in [6, 6.07) is 14.0. The van der Waals surface area contributed by atoms with Crippen molar-refractivity contribution in [2.24, 2.45) is 0 Å². The van der Waals surface area contributed by atoms with Crippen LogP contribution >= 0.6 is 0 Å². The normalized spacial score (nSPS) is 9.94. The molecule has 2 nitrogen and oxygen atoms in total. The molecule has 0 bridgehead atoms. The van der Waals surface area contributed by atoms with Crippen LogP contribution in [0.1, 0.15) is 5.56 Å². The predicted molar refractivity (Wildman–Crippen MR) is 76.9 cm³/mol. The van der Waals surface area contributed by atoms with E-state index in [1.807, 2.05) is 37.3 Å². The van der Waals surface area contributed by atoms with Gasteiger partial charge in [-0.25, -0.2) is 0 Å². The van der Waals surface area contributed by atoms with Gasteiger partial charge in [-0.3, -0.25) is 0 Å². The molecule has 2 rings (SSSR count). The lowest BCUT2D eigenvalue weighted by atomic mass is 9.73. The maximum Gasteiger partial charge on any atom is 0.169 e. The zero-order valence-corrected chi connectivity index (χ0v) is 11.1. The fourth-order valence-corrected chi connectivity index (χ4v) is 1.78. The van der Waals surface area contributed by atoms with Crippen LogP contribution < -0.4 is 14.9 Å². The van der Waals surface area contributed by atoms with Crippen molar-refractivity contribution in [3.05, 3.63) is 48.0 Å². The number of aryl methyl sites for hydroxylation is 1. The molecule has 2 aromatic rings. The first-order valence-electron chi connectivity index (χ1n) is 6.14. The topological polar surface area (TPSA) is 18.5 Å². The van der Waals surface area contributed by atoms with Crippen LogP contribution in [0.3, 0.4) is 0 Å². The molecule has 0 N–H and O–H groups in total. The number of methoxy groups -OCH3 is 1. The Kier molecular flexibility index (Phi) is 3.93. The summed E-state index contributed by atoms with van der Waals surface area (Å²) in [6.07, 6.45) is 0. The third-order valence-corrected chi connectivity index (χ3v) is 2.88. The van der Waals surface area contributed by atoms with E-state index in [4.69, 9.17) is 9.47 Å². The summed E-state index contributed by atoms with van der Waals surface area (Å²) < 4.78 is 11.1. The fraction of sp³-hybridized carbons (Fsp3) is 0.200. The first kappa shape index (κ1) is 12.6. The summed E-state index contributed by atoms with van der Waals surface area (Å²) in [5.74, 6) is 2.33. The molecule has 0 aromatic heterocycles.